The van der Waals surface area contributed by atoms with Crippen LogP contribution in [0.1, 0.15) is 60.7 Å². The number of hydrogen-bond acceptors (Lipinski definition) is 6. The van der Waals surface area contributed by atoms with E-state index in [1.54, 1.807) is 0 Å². The van der Waals surface area contributed by atoms with Crippen LogP contribution in [0.5, 0.6) is 0 Å². The molecule has 0 aromatic carbocycles. The van der Waals surface area contributed by atoms with E-state index in [2.05, 4.69) is 20.9 Å². The Morgan fingerprint density at radius 1 is 1.28 bits per heavy atom. The maximum absolute atomic E-state index is 12.7. The zero-order valence-corrected chi connectivity index (χ0v) is 15.5. The first kappa shape index (κ1) is 19.7. The number of nitrogens with one attached hydrogen (secondary N) is 2. The SMILES string of the molecule is COC(=O)C1(NC(=O)c2nnn(C3CCNCC3)c2C)CCCC1.Cl. The third kappa shape index (κ3) is 3.79. The lowest BCUT2D eigenvalue weighted by Crippen LogP contribution is -2.53. The first-order valence-electron chi connectivity index (χ1n) is 8.61. The van der Waals surface area contributed by atoms with E-state index in [-0.39, 0.29) is 30.3 Å². The van der Waals surface area contributed by atoms with E-state index in [1.165, 1.54) is 7.11 Å². The van der Waals surface area contributed by atoms with E-state index in [9.17, 15) is 9.59 Å². The number of piperidine rings is 1. The molecule has 1 saturated carbocycles. The van der Waals surface area contributed by atoms with Crippen molar-refractivity contribution in [1.82, 2.24) is 25.6 Å². The molecule has 1 aliphatic heterocycles. The molecule has 0 bridgehead atoms. The van der Waals surface area contributed by atoms with Crippen molar-refractivity contribution in [3.63, 3.8) is 0 Å². The molecule has 0 spiro atoms. The number of halogens is 1. The summed E-state index contributed by atoms with van der Waals surface area (Å²) in [6.07, 6.45) is 4.95. The van der Waals surface area contributed by atoms with E-state index in [0.717, 1.165) is 44.5 Å². The average molecular weight is 372 g/mol. The fourth-order valence-corrected chi connectivity index (χ4v) is 3.78. The molecule has 0 radical (unpaired) electrons. The second-order valence-corrected chi connectivity index (χ2v) is 6.68. The maximum Gasteiger partial charge on any atom is 0.331 e. The summed E-state index contributed by atoms with van der Waals surface area (Å²) < 4.78 is 6.75. The number of carbonyl (C=O) groups excluding carboxylic acids is 2. The molecule has 25 heavy (non-hydrogen) atoms. The summed E-state index contributed by atoms with van der Waals surface area (Å²) in [6, 6.07) is 0.265. The molecule has 0 atom stereocenters. The van der Waals surface area contributed by atoms with Crippen molar-refractivity contribution in [2.75, 3.05) is 20.2 Å². The van der Waals surface area contributed by atoms with Gasteiger partial charge in [0.2, 0.25) is 0 Å². The Morgan fingerprint density at radius 3 is 2.52 bits per heavy atom. The quantitative estimate of drug-likeness (QED) is 0.770. The van der Waals surface area contributed by atoms with Crippen molar-refractivity contribution in [1.29, 1.82) is 0 Å². The highest BCUT2D eigenvalue weighted by molar-refractivity contribution is 5.97. The molecule has 1 aromatic heterocycles. The number of methoxy groups -OCH3 is 1. The van der Waals surface area contributed by atoms with Crippen molar-refractivity contribution < 1.29 is 14.3 Å². The second kappa shape index (κ2) is 8.14. The van der Waals surface area contributed by atoms with Crippen LogP contribution in [0.2, 0.25) is 0 Å². The Morgan fingerprint density at radius 2 is 1.92 bits per heavy atom. The van der Waals surface area contributed by atoms with E-state index in [0.29, 0.717) is 18.5 Å². The summed E-state index contributed by atoms with van der Waals surface area (Å²) >= 11 is 0. The zero-order chi connectivity index (χ0) is 17.2. The number of esters is 1. The van der Waals surface area contributed by atoms with Crippen LogP contribution >= 0.6 is 12.4 Å². The van der Waals surface area contributed by atoms with Gasteiger partial charge < -0.3 is 15.4 Å². The van der Waals surface area contributed by atoms with Gasteiger partial charge in [0.15, 0.2) is 5.69 Å². The molecule has 2 aliphatic rings. The molecular weight excluding hydrogens is 346 g/mol. The molecule has 1 aromatic rings. The van der Waals surface area contributed by atoms with Gasteiger partial charge in [-0.15, -0.1) is 17.5 Å². The molecule has 3 rings (SSSR count). The van der Waals surface area contributed by atoms with Crippen LogP contribution in [0.3, 0.4) is 0 Å². The molecule has 140 valence electrons. The van der Waals surface area contributed by atoms with Gasteiger partial charge in [-0.1, -0.05) is 18.1 Å². The van der Waals surface area contributed by atoms with Crippen LogP contribution in [0, 0.1) is 6.92 Å². The van der Waals surface area contributed by atoms with Gasteiger partial charge in [0.05, 0.1) is 18.8 Å². The molecule has 2 fully saturated rings. The first-order chi connectivity index (χ1) is 11.6. The molecule has 2 N–H and O–H groups in total. The molecule has 9 heteroatoms. The molecule has 1 saturated heterocycles. The largest absolute Gasteiger partial charge is 0.467 e. The Bertz CT molecular complexity index is 621. The summed E-state index contributed by atoms with van der Waals surface area (Å²) in [7, 11) is 1.35. The Kier molecular flexibility index (Phi) is 6.40. The molecular formula is C16H26ClN5O3. The van der Waals surface area contributed by atoms with Crippen LogP contribution < -0.4 is 10.6 Å². The molecule has 1 aliphatic carbocycles. The van der Waals surface area contributed by atoms with Crippen LogP contribution in [0.4, 0.5) is 0 Å². The zero-order valence-electron chi connectivity index (χ0n) is 14.7. The van der Waals surface area contributed by atoms with Crippen molar-refractivity contribution in [3.8, 4) is 0 Å². The van der Waals surface area contributed by atoms with E-state index in [1.807, 2.05) is 11.6 Å². The molecule has 0 unspecified atom stereocenters. The van der Waals surface area contributed by atoms with Crippen molar-refractivity contribution >= 4 is 24.3 Å². The fourth-order valence-electron chi connectivity index (χ4n) is 3.78. The van der Waals surface area contributed by atoms with Crippen LogP contribution in [-0.2, 0) is 9.53 Å². The third-order valence-corrected chi connectivity index (χ3v) is 5.18. The predicted molar refractivity (Wildman–Crippen MR) is 93.8 cm³/mol. The minimum Gasteiger partial charge on any atom is -0.467 e. The van der Waals surface area contributed by atoms with Gasteiger partial charge in [-0.2, -0.15) is 0 Å². The van der Waals surface area contributed by atoms with Gasteiger partial charge in [0.1, 0.15) is 5.54 Å². The van der Waals surface area contributed by atoms with Gasteiger partial charge >= 0.3 is 5.97 Å². The van der Waals surface area contributed by atoms with Gasteiger partial charge in [-0.3, -0.25) is 4.79 Å². The minimum atomic E-state index is -0.920. The molecule has 2 heterocycles. The van der Waals surface area contributed by atoms with Crippen LogP contribution in [-0.4, -0.2) is 52.6 Å². The predicted octanol–water partition coefficient (Wildman–Crippen LogP) is 1.15. The van der Waals surface area contributed by atoms with Gasteiger partial charge in [-0.25, -0.2) is 9.48 Å². The fraction of sp³-hybridized carbons (Fsp3) is 0.750. The number of ether oxygens (including phenoxy) is 1. The smallest absolute Gasteiger partial charge is 0.331 e. The number of nitrogens with zero attached hydrogens (tertiary/aromatic N) is 3. The van der Waals surface area contributed by atoms with Crippen molar-refractivity contribution in [3.05, 3.63) is 11.4 Å². The highest BCUT2D eigenvalue weighted by Crippen LogP contribution is 2.31. The summed E-state index contributed by atoms with van der Waals surface area (Å²) in [5.74, 6) is -0.725. The monoisotopic (exact) mass is 371 g/mol. The lowest BCUT2D eigenvalue weighted by Gasteiger charge is -2.27. The lowest BCUT2D eigenvalue weighted by molar-refractivity contribution is -0.148. The van der Waals surface area contributed by atoms with Gasteiger partial charge in [-0.05, 0) is 45.7 Å². The van der Waals surface area contributed by atoms with Crippen molar-refractivity contribution in [2.24, 2.45) is 0 Å². The van der Waals surface area contributed by atoms with Gasteiger partial charge in [0.25, 0.3) is 5.91 Å². The maximum atomic E-state index is 12.7. The average Bonchev–Trinajstić information content (AvgIpc) is 3.22. The standard InChI is InChI=1S/C16H25N5O3.ClH/c1-11-13(19-20-21(11)12-5-9-17-10-6-12)14(22)18-16(15(23)24-2)7-3-4-8-16;/h12,17H,3-10H2,1-2H3,(H,18,22);1H. The number of hydrogen-bond donors (Lipinski definition) is 2. The Balaban J connectivity index is 0.00000225. The Hall–Kier alpha value is -1.67. The topological polar surface area (TPSA) is 98.1 Å². The first-order valence-corrected chi connectivity index (χ1v) is 8.61. The Labute approximate surface area is 153 Å². The summed E-state index contributed by atoms with van der Waals surface area (Å²) in [5, 5.41) is 14.5. The van der Waals surface area contributed by atoms with Crippen LogP contribution in [0.25, 0.3) is 0 Å². The van der Waals surface area contributed by atoms with Crippen LogP contribution in [0.15, 0.2) is 0 Å². The van der Waals surface area contributed by atoms with Gasteiger partial charge in [0, 0.05) is 0 Å². The summed E-state index contributed by atoms with van der Waals surface area (Å²) in [5.41, 5.74) is 0.123. The highest BCUT2D eigenvalue weighted by Gasteiger charge is 2.44. The number of amides is 1. The van der Waals surface area contributed by atoms with Crippen molar-refractivity contribution in [2.45, 2.75) is 57.0 Å². The number of aromatic nitrogens is 3. The van der Waals surface area contributed by atoms with E-state index < -0.39 is 5.54 Å². The highest BCUT2D eigenvalue weighted by atomic mass is 35.5. The third-order valence-electron chi connectivity index (χ3n) is 5.18. The minimum absolute atomic E-state index is 0. The number of carbonyl (C=O) groups is 2. The normalized spacial score (nSPS) is 19.9. The summed E-state index contributed by atoms with van der Waals surface area (Å²) in [6.45, 7) is 3.74. The molecule has 8 nitrogen and oxygen atoms in total. The number of rotatable bonds is 4. The lowest BCUT2D eigenvalue weighted by atomic mass is 9.97. The summed E-state index contributed by atoms with van der Waals surface area (Å²) in [4.78, 5) is 24.9. The van der Waals surface area contributed by atoms with E-state index in [4.69, 9.17) is 4.74 Å². The molecule has 1 amide bonds. The van der Waals surface area contributed by atoms with E-state index >= 15 is 0 Å². The second-order valence-electron chi connectivity index (χ2n) is 6.68.